The Kier molecular flexibility index (Phi) is 5.44. The molecule has 0 fully saturated rings. The summed E-state index contributed by atoms with van der Waals surface area (Å²) in [5.41, 5.74) is 1.72. The summed E-state index contributed by atoms with van der Waals surface area (Å²) >= 11 is 1.49. The minimum Gasteiger partial charge on any atom is -0.241 e. The van der Waals surface area contributed by atoms with E-state index in [1.54, 1.807) is 12.1 Å². The molecular formula is C15H17FN2O2S2. The van der Waals surface area contributed by atoms with Crippen LogP contribution < -0.4 is 4.72 Å². The molecule has 0 saturated carbocycles. The van der Waals surface area contributed by atoms with Gasteiger partial charge in [-0.15, -0.1) is 17.9 Å². The molecule has 0 saturated heterocycles. The molecule has 0 unspecified atom stereocenters. The summed E-state index contributed by atoms with van der Waals surface area (Å²) < 4.78 is 38.5. The van der Waals surface area contributed by atoms with Crippen molar-refractivity contribution in [1.29, 1.82) is 0 Å². The number of halogens is 1. The lowest BCUT2D eigenvalue weighted by molar-refractivity contribution is 0.585. The van der Waals surface area contributed by atoms with Crippen molar-refractivity contribution in [2.24, 2.45) is 0 Å². The maximum absolute atomic E-state index is 12.9. The number of aryl methyl sites for hydroxylation is 1. The number of nitrogens with one attached hydrogen (secondary N) is 1. The van der Waals surface area contributed by atoms with Gasteiger partial charge in [-0.1, -0.05) is 6.08 Å². The maximum Gasteiger partial charge on any atom is 0.215 e. The fourth-order valence-corrected chi connectivity index (χ4v) is 3.82. The van der Waals surface area contributed by atoms with Gasteiger partial charge in [-0.2, -0.15) is 0 Å². The van der Waals surface area contributed by atoms with Crippen LogP contribution in [0.15, 0.2) is 36.9 Å². The number of rotatable bonds is 7. The van der Waals surface area contributed by atoms with Gasteiger partial charge in [0.05, 0.1) is 11.4 Å². The highest BCUT2D eigenvalue weighted by Gasteiger charge is 2.11. The number of sulfonamides is 1. The van der Waals surface area contributed by atoms with Crippen LogP contribution in [0.4, 0.5) is 4.39 Å². The minimum absolute atomic E-state index is 0.0878. The van der Waals surface area contributed by atoms with Gasteiger partial charge in [0.1, 0.15) is 10.8 Å². The number of hydrogen-bond acceptors (Lipinski definition) is 4. The Morgan fingerprint density at radius 2 is 2.05 bits per heavy atom. The van der Waals surface area contributed by atoms with Gasteiger partial charge in [0, 0.05) is 17.0 Å². The van der Waals surface area contributed by atoms with E-state index in [9.17, 15) is 12.8 Å². The van der Waals surface area contributed by atoms with Crippen LogP contribution in [0, 0.1) is 12.7 Å². The van der Waals surface area contributed by atoms with Gasteiger partial charge in [0.25, 0.3) is 0 Å². The molecule has 0 bridgehead atoms. The first kappa shape index (κ1) is 16.8. The molecule has 0 radical (unpaired) electrons. The lowest BCUT2D eigenvalue weighted by Gasteiger charge is -2.03. The Morgan fingerprint density at radius 1 is 1.36 bits per heavy atom. The highest BCUT2D eigenvalue weighted by Crippen LogP contribution is 2.28. The van der Waals surface area contributed by atoms with Gasteiger partial charge < -0.3 is 0 Å². The lowest BCUT2D eigenvalue weighted by atomic mass is 10.2. The Bertz CT molecular complexity index is 752. The van der Waals surface area contributed by atoms with Crippen molar-refractivity contribution < 1.29 is 12.8 Å². The summed E-state index contributed by atoms with van der Waals surface area (Å²) in [5, 5.41) is 0.807. The molecule has 1 heterocycles. The first-order valence-electron chi connectivity index (χ1n) is 6.72. The van der Waals surface area contributed by atoms with E-state index in [1.807, 2.05) is 6.92 Å². The molecule has 0 spiro atoms. The third-order valence-electron chi connectivity index (χ3n) is 3.00. The van der Waals surface area contributed by atoms with E-state index < -0.39 is 10.0 Å². The number of hydrogen-bond donors (Lipinski definition) is 1. The van der Waals surface area contributed by atoms with Gasteiger partial charge in [-0.3, -0.25) is 0 Å². The van der Waals surface area contributed by atoms with Crippen LogP contribution in [0.5, 0.6) is 0 Å². The average molecular weight is 340 g/mol. The third-order valence-corrected chi connectivity index (χ3v) is 5.58. The van der Waals surface area contributed by atoms with Gasteiger partial charge in [0.15, 0.2) is 0 Å². The Hall–Kier alpha value is -1.57. The standard InChI is InChI=1S/C15H17FN2O2S2/c1-3-10-22(19,20)17-9-8-14-11(2)18-15(21-14)12-4-6-13(16)7-5-12/h3-7,17H,1,8-10H2,2H3. The SMILES string of the molecule is C=CCS(=O)(=O)NCCc1sc(-c2ccc(F)cc2)nc1C. The Morgan fingerprint density at radius 3 is 2.68 bits per heavy atom. The average Bonchev–Trinajstić information content (AvgIpc) is 2.81. The van der Waals surface area contributed by atoms with E-state index in [1.165, 1.54) is 29.5 Å². The summed E-state index contributed by atoms with van der Waals surface area (Å²) in [6.45, 7) is 5.62. The second kappa shape index (κ2) is 7.13. The molecule has 1 N–H and O–H groups in total. The molecule has 7 heteroatoms. The van der Waals surface area contributed by atoms with Gasteiger partial charge in [-0.25, -0.2) is 22.5 Å². The van der Waals surface area contributed by atoms with E-state index in [0.29, 0.717) is 13.0 Å². The Balaban J connectivity index is 2.04. The van der Waals surface area contributed by atoms with Crippen LogP contribution >= 0.6 is 11.3 Å². The monoisotopic (exact) mass is 340 g/mol. The summed E-state index contributed by atoms with van der Waals surface area (Å²) in [6, 6.07) is 6.17. The van der Waals surface area contributed by atoms with Gasteiger partial charge in [-0.05, 0) is 37.6 Å². The zero-order chi connectivity index (χ0) is 16.2. The topological polar surface area (TPSA) is 59.1 Å². The smallest absolute Gasteiger partial charge is 0.215 e. The van der Waals surface area contributed by atoms with Crippen molar-refractivity contribution in [3.8, 4) is 10.6 Å². The normalized spacial score (nSPS) is 11.5. The zero-order valence-corrected chi connectivity index (χ0v) is 13.8. The summed E-state index contributed by atoms with van der Waals surface area (Å²) in [5.74, 6) is -0.371. The fraction of sp³-hybridized carbons (Fsp3) is 0.267. The number of nitrogens with zero attached hydrogens (tertiary/aromatic N) is 1. The summed E-state index contributed by atoms with van der Waals surface area (Å²) in [4.78, 5) is 5.48. The molecular weight excluding hydrogens is 323 g/mol. The lowest BCUT2D eigenvalue weighted by Crippen LogP contribution is -2.27. The van der Waals surface area contributed by atoms with Crippen molar-refractivity contribution in [3.05, 3.63) is 53.3 Å². The molecule has 4 nitrogen and oxygen atoms in total. The molecule has 1 aromatic carbocycles. The predicted molar refractivity (Wildman–Crippen MR) is 87.9 cm³/mol. The number of thiazole rings is 1. The highest BCUT2D eigenvalue weighted by atomic mass is 32.2. The molecule has 0 amide bonds. The molecule has 22 heavy (non-hydrogen) atoms. The summed E-state index contributed by atoms with van der Waals surface area (Å²) in [7, 11) is -3.29. The maximum atomic E-state index is 12.9. The van der Waals surface area contributed by atoms with Crippen molar-refractivity contribution in [3.63, 3.8) is 0 Å². The van der Waals surface area contributed by atoms with Gasteiger partial charge in [0.2, 0.25) is 10.0 Å². The van der Waals surface area contributed by atoms with E-state index in [4.69, 9.17) is 0 Å². The third kappa shape index (κ3) is 4.46. The predicted octanol–water partition coefficient (Wildman–Crippen LogP) is 2.91. The highest BCUT2D eigenvalue weighted by molar-refractivity contribution is 7.89. The first-order chi connectivity index (χ1) is 10.4. The van der Waals surface area contributed by atoms with Crippen LogP contribution in [0.2, 0.25) is 0 Å². The molecule has 0 atom stereocenters. The molecule has 118 valence electrons. The van der Waals surface area contributed by atoms with Gasteiger partial charge >= 0.3 is 0 Å². The van der Waals surface area contributed by atoms with E-state index in [0.717, 1.165) is 21.1 Å². The molecule has 1 aromatic heterocycles. The second-order valence-corrected chi connectivity index (χ2v) is 7.68. The number of benzene rings is 1. The number of aromatic nitrogens is 1. The van der Waals surface area contributed by atoms with E-state index >= 15 is 0 Å². The quantitative estimate of drug-likeness (QED) is 0.789. The van der Waals surface area contributed by atoms with Crippen molar-refractivity contribution in [2.75, 3.05) is 12.3 Å². The van der Waals surface area contributed by atoms with Crippen molar-refractivity contribution in [1.82, 2.24) is 9.71 Å². The van der Waals surface area contributed by atoms with Crippen LogP contribution in [0.1, 0.15) is 10.6 Å². The molecule has 0 aliphatic carbocycles. The summed E-state index contributed by atoms with van der Waals surface area (Å²) in [6.07, 6.45) is 1.92. The van der Waals surface area contributed by atoms with Crippen LogP contribution in [0.3, 0.4) is 0 Å². The Labute approximate surface area is 133 Å². The molecule has 2 aromatic rings. The fourth-order valence-electron chi connectivity index (χ4n) is 1.91. The first-order valence-corrected chi connectivity index (χ1v) is 9.18. The zero-order valence-electron chi connectivity index (χ0n) is 12.2. The molecule has 2 rings (SSSR count). The second-order valence-electron chi connectivity index (χ2n) is 4.75. The van der Waals surface area contributed by atoms with E-state index in [2.05, 4.69) is 16.3 Å². The minimum atomic E-state index is -3.29. The molecule has 0 aliphatic rings. The van der Waals surface area contributed by atoms with Crippen LogP contribution in [-0.4, -0.2) is 25.7 Å². The molecule has 0 aliphatic heterocycles. The largest absolute Gasteiger partial charge is 0.241 e. The van der Waals surface area contributed by atoms with Crippen LogP contribution in [-0.2, 0) is 16.4 Å². The van der Waals surface area contributed by atoms with Crippen molar-refractivity contribution in [2.45, 2.75) is 13.3 Å². The van der Waals surface area contributed by atoms with Crippen molar-refractivity contribution >= 4 is 21.4 Å². The van der Waals surface area contributed by atoms with E-state index in [-0.39, 0.29) is 11.6 Å². The van der Waals surface area contributed by atoms with Crippen LogP contribution in [0.25, 0.3) is 10.6 Å².